The summed E-state index contributed by atoms with van der Waals surface area (Å²) < 4.78 is 4.95. The molecule has 6 heteroatoms. The van der Waals surface area contributed by atoms with Crippen molar-refractivity contribution < 1.29 is 19.6 Å². The van der Waals surface area contributed by atoms with Gasteiger partial charge >= 0.3 is 0 Å². The minimum atomic E-state index is -0.757. The van der Waals surface area contributed by atoms with Crippen molar-refractivity contribution in [1.29, 1.82) is 0 Å². The van der Waals surface area contributed by atoms with Gasteiger partial charge in [0.05, 0.1) is 12.0 Å². The number of carbonyl (C=O) groups is 1. The molecule has 130 valence electrons. The third-order valence-corrected chi connectivity index (χ3v) is 4.66. The molecule has 0 spiro atoms. The lowest BCUT2D eigenvalue weighted by atomic mass is 9.73. The van der Waals surface area contributed by atoms with E-state index in [4.69, 9.17) is 4.74 Å². The highest BCUT2D eigenvalue weighted by Crippen LogP contribution is 2.38. The van der Waals surface area contributed by atoms with Crippen molar-refractivity contribution in [1.82, 2.24) is 0 Å². The highest BCUT2D eigenvalue weighted by atomic mass is 16.6. The van der Waals surface area contributed by atoms with Gasteiger partial charge in [-0.25, -0.2) is 0 Å². The third-order valence-electron chi connectivity index (χ3n) is 4.66. The molecule has 6 nitrogen and oxygen atoms in total. The van der Waals surface area contributed by atoms with Crippen LogP contribution in [0.2, 0.25) is 0 Å². The van der Waals surface area contributed by atoms with Crippen molar-refractivity contribution in [3.63, 3.8) is 0 Å². The van der Waals surface area contributed by atoms with E-state index in [-0.39, 0.29) is 29.3 Å². The maximum atomic E-state index is 12.7. The number of ketones is 1. The molecule has 0 amide bonds. The number of benzene rings is 1. The predicted molar refractivity (Wildman–Crippen MR) is 88.8 cm³/mol. The number of allylic oxidation sites excluding steroid dienone is 1. The van der Waals surface area contributed by atoms with Crippen LogP contribution in [0.25, 0.3) is 6.08 Å². The van der Waals surface area contributed by atoms with E-state index < -0.39 is 16.4 Å². The molecular formula is C18H22NO5-. The van der Waals surface area contributed by atoms with Crippen LogP contribution in [0.1, 0.15) is 39.2 Å². The molecular weight excluding hydrogens is 310 g/mol. The molecule has 2 rings (SSSR count). The maximum Gasteiger partial charge on any atom is 0.266 e. The van der Waals surface area contributed by atoms with E-state index in [1.807, 2.05) is 20.8 Å². The lowest BCUT2D eigenvalue weighted by Gasteiger charge is -2.30. The predicted octanol–water partition coefficient (Wildman–Crippen LogP) is 3.33. The fourth-order valence-electron chi connectivity index (χ4n) is 3.18. The van der Waals surface area contributed by atoms with E-state index in [0.29, 0.717) is 11.1 Å². The first kappa shape index (κ1) is 18.0. The van der Waals surface area contributed by atoms with Gasteiger partial charge in [0, 0.05) is 17.7 Å². The van der Waals surface area contributed by atoms with Gasteiger partial charge in [0.1, 0.15) is 5.75 Å². The number of hydrogen-bond acceptors (Lipinski definition) is 5. The molecule has 0 unspecified atom stereocenters. The first-order valence-corrected chi connectivity index (χ1v) is 8.05. The lowest BCUT2D eigenvalue weighted by molar-refractivity contribution is -0.398. The monoisotopic (exact) mass is 332 g/mol. The lowest BCUT2D eigenvalue weighted by Crippen LogP contribution is -2.30. The number of nitrogens with zero attached hydrogens (tertiary/aromatic N) is 1. The quantitative estimate of drug-likeness (QED) is 0.479. The second-order valence-electron chi connectivity index (χ2n) is 6.62. The van der Waals surface area contributed by atoms with Crippen molar-refractivity contribution in [2.45, 2.75) is 33.6 Å². The minimum Gasteiger partial charge on any atom is -0.865 e. The van der Waals surface area contributed by atoms with Crippen molar-refractivity contribution in [2.75, 3.05) is 7.11 Å². The van der Waals surface area contributed by atoms with Gasteiger partial charge < -0.3 is 9.84 Å². The van der Waals surface area contributed by atoms with Gasteiger partial charge in [-0.15, -0.1) is 0 Å². The fraction of sp³-hybridized carbons (Fsp3) is 0.500. The zero-order valence-electron chi connectivity index (χ0n) is 14.4. The Labute approximate surface area is 141 Å². The van der Waals surface area contributed by atoms with Crippen LogP contribution in [-0.2, 0) is 4.79 Å². The summed E-state index contributed by atoms with van der Waals surface area (Å²) in [5, 5.41) is 23.0. The zero-order valence-corrected chi connectivity index (χ0v) is 14.4. The van der Waals surface area contributed by atoms with Gasteiger partial charge in [-0.05, 0) is 48.0 Å². The maximum absolute atomic E-state index is 12.7. The van der Waals surface area contributed by atoms with Crippen LogP contribution in [0.3, 0.4) is 0 Å². The molecule has 1 fully saturated rings. The Morgan fingerprint density at radius 2 is 2.00 bits per heavy atom. The summed E-state index contributed by atoms with van der Waals surface area (Å²) in [5.74, 6) is -0.439. The number of methoxy groups -OCH3 is 1. The number of nitro groups is 1. The molecule has 0 aromatic heterocycles. The fourth-order valence-corrected chi connectivity index (χ4v) is 3.18. The number of rotatable bonds is 4. The Bertz CT molecular complexity index is 693. The van der Waals surface area contributed by atoms with E-state index in [2.05, 4.69) is 0 Å². The first-order valence-electron chi connectivity index (χ1n) is 8.05. The summed E-state index contributed by atoms with van der Waals surface area (Å²) in [6.07, 6.45) is 3.42. The second kappa shape index (κ2) is 7.03. The van der Waals surface area contributed by atoms with Crippen molar-refractivity contribution in [2.24, 2.45) is 17.8 Å². The van der Waals surface area contributed by atoms with E-state index >= 15 is 0 Å². The summed E-state index contributed by atoms with van der Waals surface area (Å²) in [4.78, 5) is 23.1. The van der Waals surface area contributed by atoms with Gasteiger partial charge in [0.2, 0.25) is 0 Å². The molecule has 1 aliphatic rings. The third kappa shape index (κ3) is 3.42. The average Bonchev–Trinajstić information content (AvgIpc) is 2.51. The first-order chi connectivity index (χ1) is 11.3. The summed E-state index contributed by atoms with van der Waals surface area (Å²) in [6.45, 7) is 6.03. The van der Waals surface area contributed by atoms with Crippen LogP contribution in [0.4, 0.5) is 5.69 Å². The Morgan fingerprint density at radius 1 is 1.33 bits per heavy atom. The highest BCUT2D eigenvalue weighted by molar-refractivity contribution is 6.02. The smallest absolute Gasteiger partial charge is 0.266 e. The molecule has 0 aliphatic heterocycles. The highest BCUT2D eigenvalue weighted by Gasteiger charge is 2.32. The van der Waals surface area contributed by atoms with Crippen LogP contribution >= 0.6 is 0 Å². The van der Waals surface area contributed by atoms with Gasteiger partial charge in [-0.1, -0.05) is 20.8 Å². The van der Waals surface area contributed by atoms with Crippen molar-refractivity contribution >= 4 is 17.5 Å². The standard InChI is InChI=1S/C18H23NO5/c1-10(2)13-6-5-11(3)14(17(13)20)7-12-8-15(19(22)23)18(21)16(9-12)24-4/h7-11,13,21H,5-6H2,1-4H3/p-1/t11-,13+/m0/s1. The Hall–Kier alpha value is -2.37. The van der Waals surface area contributed by atoms with Gasteiger partial charge in [-0.3, -0.25) is 14.9 Å². The Morgan fingerprint density at radius 3 is 2.54 bits per heavy atom. The molecule has 0 N–H and O–H groups in total. The van der Waals surface area contributed by atoms with Gasteiger partial charge in [0.25, 0.3) is 5.69 Å². The van der Waals surface area contributed by atoms with Crippen LogP contribution < -0.4 is 9.84 Å². The molecule has 24 heavy (non-hydrogen) atoms. The van der Waals surface area contributed by atoms with Crippen LogP contribution in [0.15, 0.2) is 17.7 Å². The normalized spacial score (nSPS) is 22.9. The number of nitro benzene ring substituents is 1. The second-order valence-corrected chi connectivity index (χ2v) is 6.62. The molecule has 1 aliphatic carbocycles. The van der Waals surface area contributed by atoms with E-state index in [1.54, 1.807) is 6.08 Å². The minimum absolute atomic E-state index is 0.0249. The molecule has 1 aromatic rings. The zero-order chi connectivity index (χ0) is 18.0. The van der Waals surface area contributed by atoms with E-state index in [0.717, 1.165) is 12.8 Å². The number of carbonyl (C=O) groups excluding carboxylic acids is 1. The van der Waals surface area contributed by atoms with Gasteiger partial charge in [0.15, 0.2) is 5.78 Å². The number of ether oxygens (including phenoxy) is 1. The number of Topliss-reactive ketones (excluding diaryl/α,β-unsaturated/α-hetero) is 1. The summed E-state index contributed by atoms with van der Waals surface area (Å²) >= 11 is 0. The molecule has 0 heterocycles. The van der Waals surface area contributed by atoms with Crippen LogP contribution in [0, 0.1) is 27.9 Å². The van der Waals surface area contributed by atoms with Gasteiger partial charge in [-0.2, -0.15) is 0 Å². The molecule has 1 saturated carbocycles. The molecule has 2 atom stereocenters. The van der Waals surface area contributed by atoms with E-state index in [9.17, 15) is 20.0 Å². The average molecular weight is 332 g/mol. The van der Waals surface area contributed by atoms with Crippen molar-refractivity contribution in [3.8, 4) is 11.5 Å². The molecule has 0 radical (unpaired) electrons. The Balaban J connectivity index is 2.50. The number of hydrogen-bond donors (Lipinski definition) is 0. The molecule has 1 aromatic carbocycles. The van der Waals surface area contributed by atoms with E-state index in [1.165, 1.54) is 19.2 Å². The topological polar surface area (TPSA) is 92.5 Å². The van der Waals surface area contributed by atoms with Crippen LogP contribution in [0.5, 0.6) is 11.5 Å². The molecule has 0 saturated heterocycles. The summed E-state index contributed by atoms with van der Waals surface area (Å²) in [5.41, 5.74) is 0.560. The Kier molecular flexibility index (Phi) is 5.26. The van der Waals surface area contributed by atoms with Crippen LogP contribution in [-0.4, -0.2) is 17.8 Å². The summed E-state index contributed by atoms with van der Waals surface area (Å²) in [6, 6.07) is 2.65. The SMILES string of the molecule is COc1cc(C=C2C(=O)[C@@H](C(C)C)CC[C@@H]2C)cc([N+](=O)[O-])c1[O-]. The summed E-state index contributed by atoms with van der Waals surface area (Å²) in [7, 11) is 1.29. The largest absolute Gasteiger partial charge is 0.865 e. The van der Waals surface area contributed by atoms with Crippen molar-refractivity contribution in [3.05, 3.63) is 33.4 Å². The molecule has 0 bridgehead atoms.